The third-order valence-corrected chi connectivity index (χ3v) is 5.86. The van der Waals surface area contributed by atoms with E-state index in [4.69, 9.17) is 4.74 Å². The van der Waals surface area contributed by atoms with Gasteiger partial charge in [0.05, 0.1) is 29.9 Å². The average Bonchev–Trinajstić information content (AvgIpc) is 3.52. The molecule has 0 spiro atoms. The van der Waals surface area contributed by atoms with Crippen LogP contribution in [0, 0.1) is 17.5 Å². The molecular formula is C23H19F3N6O3. The predicted octanol–water partition coefficient (Wildman–Crippen LogP) is 3.02. The first-order valence-corrected chi connectivity index (χ1v) is 10.9. The highest BCUT2D eigenvalue weighted by Gasteiger charge is 2.29. The number of anilines is 1. The van der Waals surface area contributed by atoms with Crippen molar-refractivity contribution in [2.45, 2.75) is 19.4 Å². The van der Waals surface area contributed by atoms with Crippen LogP contribution in [0.3, 0.4) is 0 Å². The Labute approximate surface area is 196 Å². The van der Waals surface area contributed by atoms with E-state index in [0.717, 1.165) is 29.0 Å². The Balaban J connectivity index is 1.69. The molecule has 0 amide bonds. The fourth-order valence-corrected chi connectivity index (χ4v) is 4.21. The summed E-state index contributed by atoms with van der Waals surface area (Å²) in [6.07, 6.45) is 5.00. The van der Waals surface area contributed by atoms with E-state index in [2.05, 4.69) is 15.3 Å². The number of ether oxygens (including phenoxy) is 1. The topological polar surface area (TPSA) is 95.1 Å². The number of hydrogen-bond donors (Lipinski definition) is 0. The van der Waals surface area contributed by atoms with Crippen molar-refractivity contribution in [3.05, 3.63) is 76.1 Å². The lowest BCUT2D eigenvalue weighted by molar-refractivity contribution is 0.0524. The molecule has 1 unspecified atom stereocenters. The van der Waals surface area contributed by atoms with Gasteiger partial charge in [0.25, 0.3) is 0 Å². The van der Waals surface area contributed by atoms with Crippen LogP contribution in [0.5, 0.6) is 0 Å². The molecule has 1 aliphatic rings. The van der Waals surface area contributed by atoms with Crippen LogP contribution in [-0.4, -0.2) is 50.2 Å². The maximum absolute atomic E-state index is 15.2. The smallest absolute Gasteiger partial charge is 0.343 e. The van der Waals surface area contributed by atoms with Gasteiger partial charge in [-0.2, -0.15) is 0 Å². The summed E-state index contributed by atoms with van der Waals surface area (Å²) in [5.41, 5.74) is -1.50. The van der Waals surface area contributed by atoms with Gasteiger partial charge in [-0.25, -0.2) is 27.6 Å². The van der Waals surface area contributed by atoms with Gasteiger partial charge < -0.3 is 9.64 Å². The van der Waals surface area contributed by atoms with Crippen molar-refractivity contribution >= 4 is 22.8 Å². The van der Waals surface area contributed by atoms with Crippen molar-refractivity contribution < 1.29 is 22.7 Å². The molecule has 1 atom stereocenters. The summed E-state index contributed by atoms with van der Waals surface area (Å²) in [5.74, 6) is -3.53. The van der Waals surface area contributed by atoms with E-state index in [1.165, 1.54) is 0 Å². The van der Waals surface area contributed by atoms with Crippen molar-refractivity contribution in [1.29, 1.82) is 0 Å². The van der Waals surface area contributed by atoms with Gasteiger partial charge in [0, 0.05) is 31.5 Å². The summed E-state index contributed by atoms with van der Waals surface area (Å²) in [6.45, 7) is 2.40. The van der Waals surface area contributed by atoms with Crippen LogP contribution in [0.25, 0.3) is 16.7 Å². The lowest BCUT2D eigenvalue weighted by atomic mass is 10.1. The zero-order chi connectivity index (χ0) is 24.7. The van der Waals surface area contributed by atoms with Crippen molar-refractivity contribution in [2.75, 3.05) is 24.6 Å². The van der Waals surface area contributed by atoms with Gasteiger partial charge in [-0.3, -0.25) is 9.36 Å². The standard InChI is InChI=1S/C23H19F3N6O3/c1-2-35-23(34)16-12-31(19-4-3-13(24)9-17(19)25)21-15(20(16)33)10-18(26)22(28-21)30-7-5-14(11-30)32-8-6-27-29-32/h3-4,6,8-10,12,14H,2,5,7,11H2,1H3. The molecular weight excluding hydrogens is 465 g/mol. The number of rotatable bonds is 5. The van der Waals surface area contributed by atoms with Crippen molar-refractivity contribution in [3.63, 3.8) is 0 Å². The number of nitrogens with zero attached hydrogens (tertiary/aromatic N) is 6. The lowest BCUT2D eigenvalue weighted by Gasteiger charge is -2.20. The van der Waals surface area contributed by atoms with Gasteiger partial charge in [0.1, 0.15) is 17.2 Å². The van der Waals surface area contributed by atoms with Crippen LogP contribution in [-0.2, 0) is 4.74 Å². The molecule has 5 rings (SSSR count). The van der Waals surface area contributed by atoms with Crippen molar-refractivity contribution in [2.24, 2.45) is 0 Å². The molecule has 35 heavy (non-hydrogen) atoms. The quantitative estimate of drug-likeness (QED) is 0.402. The van der Waals surface area contributed by atoms with E-state index in [9.17, 15) is 18.4 Å². The van der Waals surface area contributed by atoms with E-state index in [0.29, 0.717) is 25.6 Å². The highest BCUT2D eigenvalue weighted by Crippen LogP contribution is 2.30. The largest absolute Gasteiger partial charge is 0.462 e. The molecule has 0 radical (unpaired) electrons. The van der Waals surface area contributed by atoms with Crippen LogP contribution in [0.15, 0.2) is 47.7 Å². The number of aromatic nitrogens is 5. The lowest BCUT2D eigenvalue weighted by Crippen LogP contribution is -2.25. The Morgan fingerprint density at radius 3 is 2.74 bits per heavy atom. The molecule has 3 aromatic heterocycles. The maximum Gasteiger partial charge on any atom is 0.343 e. The van der Waals surface area contributed by atoms with Crippen LogP contribution in [0.1, 0.15) is 29.7 Å². The minimum Gasteiger partial charge on any atom is -0.462 e. The number of esters is 1. The number of carbonyl (C=O) groups is 1. The molecule has 1 fully saturated rings. The molecule has 4 heterocycles. The van der Waals surface area contributed by atoms with Gasteiger partial charge >= 0.3 is 5.97 Å². The van der Waals surface area contributed by atoms with E-state index in [1.54, 1.807) is 28.9 Å². The SMILES string of the molecule is CCOC(=O)c1cn(-c2ccc(F)cc2F)c2nc(N3CCC(n4ccnn4)C3)c(F)cc2c1=O. The van der Waals surface area contributed by atoms with Crippen LogP contribution >= 0.6 is 0 Å². The summed E-state index contributed by atoms with van der Waals surface area (Å²) in [6, 6.07) is 3.75. The Kier molecular flexibility index (Phi) is 5.71. The number of benzene rings is 1. The summed E-state index contributed by atoms with van der Waals surface area (Å²) in [4.78, 5) is 31.5. The Bertz CT molecular complexity index is 1490. The molecule has 0 aliphatic carbocycles. The fraction of sp³-hybridized carbons (Fsp3) is 0.261. The third kappa shape index (κ3) is 4.00. The average molecular weight is 484 g/mol. The Morgan fingerprint density at radius 2 is 2.03 bits per heavy atom. The van der Waals surface area contributed by atoms with Gasteiger partial charge in [0.15, 0.2) is 17.3 Å². The minimum absolute atomic E-state index is 0.00529. The molecule has 1 aliphatic heterocycles. The summed E-state index contributed by atoms with van der Waals surface area (Å²) >= 11 is 0. The van der Waals surface area contributed by atoms with Crippen LogP contribution < -0.4 is 10.3 Å². The molecule has 1 aromatic carbocycles. The van der Waals surface area contributed by atoms with Gasteiger partial charge in [0.2, 0.25) is 5.43 Å². The van der Waals surface area contributed by atoms with Crippen molar-refractivity contribution in [1.82, 2.24) is 24.5 Å². The molecule has 12 heteroatoms. The first kappa shape index (κ1) is 22.6. The highest BCUT2D eigenvalue weighted by molar-refractivity contribution is 5.94. The zero-order valence-corrected chi connectivity index (χ0v) is 18.5. The molecule has 9 nitrogen and oxygen atoms in total. The van der Waals surface area contributed by atoms with E-state index < -0.39 is 34.4 Å². The second-order valence-corrected chi connectivity index (χ2v) is 7.99. The van der Waals surface area contributed by atoms with Gasteiger partial charge in [-0.05, 0) is 31.5 Å². The van der Waals surface area contributed by atoms with Crippen LogP contribution in [0.4, 0.5) is 19.0 Å². The minimum atomic E-state index is -0.954. The normalized spacial score (nSPS) is 15.7. The first-order chi connectivity index (χ1) is 16.9. The number of hydrogen-bond acceptors (Lipinski definition) is 7. The fourth-order valence-electron chi connectivity index (χ4n) is 4.21. The summed E-state index contributed by atoms with van der Waals surface area (Å²) in [7, 11) is 0. The summed E-state index contributed by atoms with van der Waals surface area (Å²) < 4.78 is 51.3. The second kappa shape index (κ2) is 8.85. The maximum atomic E-state index is 15.2. The highest BCUT2D eigenvalue weighted by atomic mass is 19.1. The third-order valence-electron chi connectivity index (χ3n) is 5.86. The van der Waals surface area contributed by atoms with Crippen LogP contribution in [0.2, 0.25) is 0 Å². The molecule has 180 valence electrons. The Hall–Kier alpha value is -4.22. The van der Waals surface area contributed by atoms with E-state index in [-0.39, 0.29) is 35.2 Å². The van der Waals surface area contributed by atoms with E-state index >= 15 is 4.39 Å². The first-order valence-electron chi connectivity index (χ1n) is 10.9. The monoisotopic (exact) mass is 484 g/mol. The molecule has 1 saturated heterocycles. The predicted molar refractivity (Wildman–Crippen MR) is 119 cm³/mol. The molecule has 0 N–H and O–H groups in total. The second-order valence-electron chi connectivity index (χ2n) is 7.99. The number of halogens is 3. The van der Waals surface area contributed by atoms with Gasteiger partial charge in [-0.1, -0.05) is 5.21 Å². The molecule has 0 bridgehead atoms. The number of fused-ring (bicyclic) bond motifs is 1. The molecule has 4 aromatic rings. The molecule has 0 saturated carbocycles. The van der Waals surface area contributed by atoms with Gasteiger partial charge in [-0.15, -0.1) is 5.10 Å². The summed E-state index contributed by atoms with van der Waals surface area (Å²) in [5, 5.41) is 7.54. The number of carbonyl (C=O) groups excluding carboxylic acids is 1. The Morgan fingerprint density at radius 1 is 1.20 bits per heavy atom. The van der Waals surface area contributed by atoms with Crippen molar-refractivity contribution in [3.8, 4) is 5.69 Å². The zero-order valence-electron chi connectivity index (χ0n) is 18.5. The number of pyridine rings is 2. The van der Waals surface area contributed by atoms with E-state index in [1.807, 2.05) is 0 Å².